The number of fused-ring (bicyclic) bond motifs is 1. The van der Waals surface area contributed by atoms with E-state index in [9.17, 15) is 4.79 Å². The number of benzene rings is 2. The van der Waals surface area contributed by atoms with Gasteiger partial charge in [-0.05, 0) is 54.1 Å². The van der Waals surface area contributed by atoms with Crippen molar-refractivity contribution in [3.8, 4) is 0 Å². The lowest BCUT2D eigenvalue weighted by molar-refractivity contribution is 0.102. The highest BCUT2D eigenvalue weighted by Crippen LogP contribution is 2.20. The molecule has 0 spiro atoms. The molecule has 0 saturated heterocycles. The second-order valence-corrected chi connectivity index (χ2v) is 6.64. The Kier molecular flexibility index (Phi) is 5.17. The maximum Gasteiger partial charge on any atom is 0.259 e. The molecule has 0 bridgehead atoms. The lowest BCUT2D eigenvalue weighted by Crippen LogP contribution is -2.15. The Balaban J connectivity index is 1.54. The van der Waals surface area contributed by atoms with E-state index in [2.05, 4.69) is 20.6 Å². The van der Waals surface area contributed by atoms with Crippen LogP contribution in [-0.2, 0) is 6.54 Å². The number of nitrogens with one attached hydrogen (secondary N) is 2. The number of halogens is 1. The van der Waals surface area contributed by atoms with E-state index in [0.29, 0.717) is 28.6 Å². The van der Waals surface area contributed by atoms with Crippen molar-refractivity contribution in [2.24, 2.45) is 0 Å². The first-order chi connectivity index (χ1) is 13.7. The topological polar surface area (TPSA) is 66.9 Å². The number of aromatic nitrogens is 2. The van der Waals surface area contributed by atoms with Crippen molar-refractivity contribution in [2.75, 3.05) is 10.6 Å². The van der Waals surface area contributed by atoms with Gasteiger partial charge in [-0.2, -0.15) is 0 Å². The van der Waals surface area contributed by atoms with E-state index in [1.54, 1.807) is 48.8 Å². The Bertz CT molecular complexity index is 1120. The highest BCUT2D eigenvalue weighted by atomic mass is 35.5. The molecule has 28 heavy (non-hydrogen) atoms. The first-order valence-electron chi connectivity index (χ1n) is 8.79. The molecule has 0 aliphatic carbocycles. The number of hydrogen-bond acceptors (Lipinski definition) is 4. The van der Waals surface area contributed by atoms with E-state index >= 15 is 0 Å². The van der Waals surface area contributed by atoms with Gasteiger partial charge in [0.25, 0.3) is 5.91 Å². The summed E-state index contributed by atoms with van der Waals surface area (Å²) in [5.41, 5.74) is 3.16. The van der Waals surface area contributed by atoms with Gasteiger partial charge in [0.1, 0.15) is 5.82 Å². The van der Waals surface area contributed by atoms with Gasteiger partial charge in [0.2, 0.25) is 0 Å². The second-order valence-electron chi connectivity index (χ2n) is 6.20. The van der Waals surface area contributed by atoms with Crippen molar-refractivity contribution < 1.29 is 4.79 Å². The fraction of sp³-hybridized carbons (Fsp3) is 0.0455. The standard InChI is InChI=1S/C22H17ClN4O/c23-16-8-10-17(11-9-16)27-22(28)19-6-3-13-25-21(19)26-14-15-4-1-7-20-18(15)5-2-12-24-20/h1-13H,14H2,(H,25,26)(H,27,28). The zero-order valence-electron chi connectivity index (χ0n) is 14.9. The van der Waals surface area contributed by atoms with Crippen LogP contribution in [0.2, 0.25) is 5.02 Å². The van der Waals surface area contributed by atoms with E-state index < -0.39 is 0 Å². The lowest BCUT2D eigenvalue weighted by atomic mass is 10.1. The third kappa shape index (κ3) is 3.94. The lowest BCUT2D eigenvalue weighted by Gasteiger charge is -2.12. The number of rotatable bonds is 5. The average molecular weight is 389 g/mol. The van der Waals surface area contributed by atoms with E-state index in [-0.39, 0.29) is 5.91 Å². The first kappa shape index (κ1) is 17.9. The van der Waals surface area contributed by atoms with Crippen molar-refractivity contribution in [3.05, 3.63) is 95.3 Å². The molecule has 0 unspecified atom stereocenters. The summed E-state index contributed by atoms with van der Waals surface area (Å²) in [5, 5.41) is 7.83. The normalized spacial score (nSPS) is 10.6. The number of anilines is 2. The average Bonchev–Trinajstić information content (AvgIpc) is 2.74. The van der Waals surface area contributed by atoms with Gasteiger partial charge in [-0.3, -0.25) is 9.78 Å². The molecule has 138 valence electrons. The van der Waals surface area contributed by atoms with Gasteiger partial charge in [0, 0.05) is 35.0 Å². The Morgan fingerprint density at radius 2 is 1.68 bits per heavy atom. The molecule has 0 fully saturated rings. The van der Waals surface area contributed by atoms with Gasteiger partial charge in [0.05, 0.1) is 11.1 Å². The molecule has 0 saturated carbocycles. The van der Waals surface area contributed by atoms with E-state index in [0.717, 1.165) is 16.5 Å². The maximum absolute atomic E-state index is 12.7. The van der Waals surface area contributed by atoms with Gasteiger partial charge in [0.15, 0.2) is 0 Å². The molecule has 4 rings (SSSR count). The molecule has 0 aliphatic rings. The SMILES string of the molecule is O=C(Nc1ccc(Cl)cc1)c1cccnc1NCc1cccc2ncccc12. The number of pyridine rings is 2. The zero-order valence-corrected chi connectivity index (χ0v) is 15.6. The minimum Gasteiger partial charge on any atom is -0.365 e. The molecular formula is C22H17ClN4O. The maximum atomic E-state index is 12.7. The minimum absolute atomic E-state index is 0.238. The Hall–Kier alpha value is -3.44. The summed E-state index contributed by atoms with van der Waals surface area (Å²) in [5.74, 6) is 0.285. The van der Waals surface area contributed by atoms with Gasteiger partial charge in [-0.15, -0.1) is 0 Å². The number of carbonyl (C=O) groups is 1. The van der Waals surface area contributed by atoms with Crippen LogP contribution in [0, 0.1) is 0 Å². The molecular weight excluding hydrogens is 372 g/mol. The molecule has 0 atom stereocenters. The predicted octanol–water partition coefficient (Wildman–Crippen LogP) is 5.15. The number of amides is 1. The summed E-state index contributed by atoms with van der Waals surface area (Å²) >= 11 is 5.89. The summed E-state index contributed by atoms with van der Waals surface area (Å²) in [6.45, 7) is 0.529. The fourth-order valence-electron chi connectivity index (χ4n) is 2.96. The van der Waals surface area contributed by atoms with Gasteiger partial charge in [-0.1, -0.05) is 29.8 Å². The molecule has 0 aliphatic heterocycles. The molecule has 4 aromatic rings. The van der Waals surface area contributed by atoms with Crippen LogP contribution in [0.25, 0.3) is 10.9 Å². The molecule has 2 N–H and O–H groups in total. The van der Waals surface area contributed by atoms with Crippen molar-refractivity contribution in [3.63, 3.8) is 0 Å². The van der Waals surface area contributed by atoms with Gasteiger partial charge < -0.3 is 10.6 Å². The van der Waals surface area contributed by atoms with Crippen LogP contribution < -0.4 is 10.6 Å². The quantitative estimate of drug-likeness (QED) is 0.496. The predicted molar refractivity (Wildman–Crippen MR) is 113 cm³/mol. The zero-order chi connectivity index (χ0) is 19.3. The van der Waals surface area contributed by atoms with Crippen LogP contribution in [0.3, 0.4) is 0 Å². The Morgan fingerprint density at radius 1 is 0.893 bits per heavy atom. The van der Waals surface area contributed by atoms with Crippen LogP contribution in [0.4, 0.5) is 11.5 Å². The van der Waals surface area contributed by atoms with Crippen molar-refractivity contribution >= 4 is 39.9 Å². The number of carbonyl (C=O) groups excluding carboxylic acids is 1. The number of hydrogen-bond donors (Lipinski definition) is 2. The third-order valence-corrected chi connectivity index (χ3v) is 4.59. The molecule has 6 heteroatoms. The minimum atomic E-state index is -0.238. The van der Waals surface area contributed by atoms with Crippen LogP contribution in [0.5, 0.6) is 0 Å². The first-order valence-corrected chi connectivity index (χ1v) is 9.17. The Labute approximate surface area is 167 Å². The molecule has 2 aromatic heterocycles. The highest BCUT2D eigenvalue weighted by Gasteiger charge is 2.13. The fourth-order valence-corrected chi connectivity index (χ4v) is 3.09. The van der Waals surface area contributed by atoms with Crippen molar-refractivity contribution in [1.82, 2.24) is 9.97 Å². The summed E-state index contributed by atoms with van der Waals surface area (Å²) in [6.07, 6.45) is 3.43. The van der Waals surface area contributed by atoms with Crippen LogP contribution in [0.15, 0.2) is 79.1 Å². The van der Waals surface area contributed by atoms with Crippen LogP contribution in [-0.4, -0.2) is 15.9 Å². The second kappa shape index (κ2) is 8.06. The smallest absolute Gasteiger partial charge is 0.259 e. The van der Waals surface area contributed by atoms with E-state index in [4.69, 9.17) is 11.6 Å². The summed E-state index contributed by atoms with van der Waals surface area (Å²) in [6, 6.07) is 20.4. The third-order valence-electron chi connectivity index (χ3n) is 4.34. The summed E-state index contributed by atoms with van der Waals surface area (Å²) < 4.78 is 0. The molecule has 0 radical (unpaired) electrons. The van der Waals surface area contributed by atoms with Gasteiger partial charge in [-0.25, -0.2) is 4.98 Å². The van der Waals surface area contributed by atoms with Crippen LogP contribution >= 0.6 is 11.6 Å². The summed E-state index contributed by atoms with van der Waals surface area (Å²) in [7, 11) is 0. The van der Waals surface area contributed by atoms with Crippen molar-refractivity contribution in [1.29, 1.82) is 0 Å². The molecule has 2 heterocycles. The summed E-state index contributed by atoms with van der Waals surface area (Å²) in [4.78, 5) is 21.4. The highest BCUT2D eigenvalue weighted by molar-refractivity contribution is 6.30. The number of nitrogens with zero attached hydrogens (tertiary/aromatic N) is 2. The molecule has 1 amide bonds. The molecule has 5 nitrogen and oxygen atoms in total. The van der Waals surface area contributed by atoms with Crippen molar-refractivity contribution in [2.45, 2.75) is 6.54 Å². The van der Waals surface area contributed by atoms with Gasteiger partial charge >= 0.3 is 0 Å². The largest absolute Gasteiger partial charge is 0.365 e. The monoisotopic (exact) mass is 388 g/mol. The molecule has 2 aromatic carbocycles. The van der Waals surface area contributed by atoms with E-state index in [1.807, 2.05) is 30.3 Å². The van der Waals surface area contributed by atoms with Crippen LogP contribution in [0.1, 0.15) is 15.9 Å². The van der Waals surface area contributed by atoms with E-state index in [1.165, 1.54) is 0 Å². The Morgan fingerprint density at radius 3 is 2.54 bits per heavy atom.